The molecule has 0 spiro atoms. The minimum absolute atomic E-state index is 0.0211. The van der Waals surface area contributed by atoms with E-state index >= 15 is 0 Å². The molecule has 2 rings (SSSR count). The molecule has 0 fully saturated rings. The summed E-state index contributed by atoms with van der Waals surface area (Å²) in [6.45, 7) is 7.15. The molecule has 0 bridgehead atoms. The second-order valence-corrected chi connectivity index (χ2v) is 5.71. The van der Waals surface area contributed by atoms with E-state index in [1.165, 1.54) is 0 Å². The van der Waals surface area contributed by atoms with E-state index in [1.807, 2.05) is 56.3 Å². The quantitative estimate of drug-likeness (QED) is 0.724. The van der Waals surface area contributed by atoms with E-state index < -0.39 is 0 Å². The summed E-state index contributed by atoms with van der Waals surface area (Å²) in [4.78, 5) is 12.3. The minimum atomic E-state index is 0.0211. The summed E-state index contributed by atoms with van der Waals surface area (Å²) in [6.07, 6.45) is 1.98. The number of anilines is 1. The molecule has 0 saturated carbocycles. The summed E-state index contributed by atoms with van der Waals surface area (Å²) in [5, 5.41) is 3.01. The Kier molecular flexibility index (Phi) is 7.33. The molecule has 134 valence electrons. The van der Waals surface area contributed by atoms with Gasteiger partial charge in [-0.15, -0.1) is 0 Å². The number of rotatable bonds is 9. The fourth-order valence-corrected chi connectivity index (χ4v) is 2.67. The van der Waals surface area contributed by atoms with Gasteiger partial charge in [-0.1, -0.05) is 31.2 Å². The van der Waals surface area contributed by atoms with Crippen molar-refractivity contribution in [3.05, 3.63) is 53.6 Å². The summed E-state index contributed by atoms with van der Waals surface area (Å²) < 4.78 is 11.2. The van der Waals surface area contributed by atoms with Crippen LogP contribution in [0.5, 0.6) is 11.5 Å². The average molecular weight is 341 g/mol. The maximum atomic E-state index is 12.3. The molecule has 0 radical (unpaired) electrons. The van der Waals surface area contributed by atoms with Gasteiger partial charge in [0.05, 0.1) is 13.2 Å². The molecule has 0 aliphatic carbocycles. The molecule has 4 nitrogen and oxygen atoms in total. The maximum absolute atomic E-state index is 12.3. The molecule has 0 saturated heterocycles. The van der Waals surface area contributed by atoms with Crippen LogP contribution in [0, 0.1) is 0 Å². The number of aryl methyl sites for hydroxylation is 2. The molecule has 0 aliphatic heterocycles. The molecule has 0 aliphatic rings. The van der Waals surface area contributed by atoms with Gasteiger partial charge in [-0.05, 0) is 56.0 Å². The number of carbonyl (C=O) groups excluding carboxylic acids is 1. The van der Waals surface area contributed by atoms with Gasteiger partial charge >= 0.3 is 0 Å². The van der Waals surface area contributed by atoms with Crippen molar-refractivity contribution in [2.75, 3.05) is 18.5 Å². The number of carbonyl (C=O) groups is 1. The molecule has 0 unspecified atom stereocenters. The molecular formula is C21H27NO3. The van der Waals surface area contributed by atoms with E-state index in [0.717, 1.165) is 34.7 Å². The van der Waals surface area contributed by atoms with Crippen molar-refractivity contribution < 1.29 is 14.3 Å². The highest BCUT2D eigenvalue weighted by atomic mass is 16.5. The Balaban J connectivity index is 1.98. The SMILES string of the molecule is CCOc1ccc(CCC(=O)Nc2ccccc2CC)cc1OCC. The van der Waals surface area contributed by atoms with E-state index in [-0.39, 0.29) is 5.91 Å². The molecule has 1 amide bonds. The number of hydrogen-bond donors (Lipinski definition) is 1. The number of ether oxygens (including phenoxy) is 2. The number of benzene rings is 2. The Labute approximate surface area is 150 Å². The lowest BCUT2D eigenvalue weighted by atomic mass is 10.1. The van der Waals surface area contributed by atoms with Crippen LogP contribution in [-0.4, -0.2) is 19.1 Å². The summed E-state index contributed by atoms with van der Waals surface area (Å²) in [7, 11) is 0. The van der Waals surface area contributed by atoms with Gasteiger partial charge in [-0.25, -0.2) is 0 Å². The highest BCUT2D eigenvalue weighted by Crippen LogP contribution is 2.29. The fourth-order valence-electron chi connectivity index (χ4n) is 2.67. The first kappa shape index (κ1) is 18.8. The van der Waals surface area contributed by atoms with E-state index in [2.05, 4.69) is 12.2 Å². The molecule has 4 heteroatoms. The van der Waals surface area contributed by atoms with Crippen LogP contribution < -0.4 is 14.8 Å². The number of para-hydroxylation sites is 1. The topological polar surface area (TPSA) is 47.6 Å². The fraction of sp³-hybridized carbons (Fsp3) is 0.381. The zero-order valence-corrected chi connectivity index (χ0v) is 15.3. The Bertz CT molecular complexity index is 697. The van der Waals surface area contributed by atoms with Crippen molar-refractivity contribution in [3.8, 4) is 11.5 Å². The predicted octanol–water partition coefficient (Wildman–Crippen LogP) is 4.62. The van der Waals surface area contributed by atoms with E-state index in [9.17, 15) is 4.79 Å². The molecule has 0 heterocycles. The van der Waals surface area contributed by atoms with Crippen LogP contribution in [-0.2, 0) is 17.6 Å². The van der Waals surface area contributed by atoms with Crippen molar-refractivity contribution in [1.29, 1.82) is 0 Å². The van der Waals surface area contributed by atoms with Gasteiger partial charge in [0.2, 0.25) is 5.91 Å². The van der Waals surface area contributed by atoms with Crippen LogP contribution in [0.1, 0.15) is 38.3 Å². The summed E-state index contributed by atoms with van der Waals surface area (Å²) in [6, 6.07) is 13.8. The number of nitrogens with one attached hydrogen (secondary N) is 1. The van der Waals surface area contributed by atoms with Gasteiger partial charge in [0.15, 0.2) is 11.5 Å². The molecule has 0 atom stereocenters. The van der Waals surface area contributed by atoms with Crippen molar-refractivity contribution in [1.82, 2.24) is 0 Å². The third-order valence-corrected chi connectivity index (χ3v) is 3.92. The van der Waals surface area contributed by atoms with Gasteiger partial charge < -0.3 is 14.8 Å². The first-order chi connectivity index (χ1) is 12.2. The Morgan fingerprint density at radius 2 is 1.68 bits per heavy atom. The first-order valence-corrected chi connectivity index (χ1v) is 8.94. The third kappa shape index (κ3) is 5.52. The predicted molar refractivity (Wildman–Crippen MR) is 102 cm³/mol. The standard InChI is InChI=1S/C21H27NO3/c1-4-17-9-7-8-10-18(17)22-21(23)14-12-16-11-13-19(24-5-2)20(15-16)25-6-3/h7-11,13,15H,4-6,12,14H2,1-3H3,(H,22,23). The Morgan fingerprint density at radius 3 is 2.40 bits per heavy atom. The second-order valence-electron chi connectivity index (χ2n) is 5.71. The molecule has 0 aromatic heterocycles. The highest BCUT2D eigenvalue weighted by Gasteiger charge is 2.09. The number of amides is 1. The Hall–Kier alpha value is -2.49. The lowest BCUT2D eigenvalue weighted by Crippen LogP contribution is -2.13. The van der Waals surface area contributed by atoms with Crippen molar-refractivity contribution in [2.45, 2.75) is 40.0 Å². The molecular weight excluding hydrogens is 314 g/mol. The Morgan fingerprint density at radius 1 is 0.960 bits per heavy atom. The van der Waals surface area contributed by atoms with Crippen LogP contribution in [0.25, 0.3) is 0 Å². The van der Waals surface area contributed by atoms with Crippen LogP contribution >= 0.6 is 0 Å². The molecule has 2 aromatic carbocycles. The monoisotopic (exact) mass is 341 g/mol. The summed E-state index contributed by atoms with van der Waals surface area (Å²) >= 11 is 0. The van der Waals surface area contributed by atoms with Crippen LogP contribution in [0.15, 0.2) is 42.5 Å². The first-order valence-electron chi connectivity index (χ1n) is 8.94. The van der Waals surface area contributed by atoms with Crippen molar-refractivity contribution >= 4 is 11.6 Å². The van der Waals surface area contributed by atoms with E-state index in [4.69, 9.17) is 9.47 Å². The van der Waals surface area contributed by atoms with E-state index in [0.29, 0.717) is 26.1 Å². The van der Waals surface area contributed by atoms with Crippen molar-refractivity contribution in [2.24, 2.45) is 0 Å². The van der Waals surface area contributed by atoms with Gasteiger partial charge in [-0.2, -0.15) is 0 Å². The summed E-state index contributed by atoms with van der Waals surface area (Å²) in [5.74, 6) is 1.50. The second kappa shape index (κ2) is 9.72. The van der Waals surface area contributed by atoms with Crippen LogP contribution in [0.3, 0.4) is 0 Å². The zero-order chi connectivity index (χ0) is 18.1. The largest absolute Gasteiger partial charge is 0.490 e. The summed E-state index contributed by atoms with van der Waals surface area (Å²) in [5.41, 5.74) is 3.11. The normalized spacial score (nSPS) is 10.4. The average Bonchev–Trinajstić information content (AvgIpc) is 2.62. The highest BCUT2D eigenvalue weighted by molar-refractivity contribution is 5.91. The number of hydrogen-bond acceptors (Lipinski definition) is 3. The van der Waals surface area contributed by atoms with Gasteiger partial charge in [-0.3, -0.25) is 4.79 Å². The maximum Gasteiger partial charge on any atom is 0.224 e. The van der Waals surface area contributed by atoms with Crippen LogP contribution in [0.2, 0.25) is 0 Å². The smallest absolute Gasteiger partial charge is 0.224 e. The molecule has 1 N–H and O–H groups in total. The van der Waals surface area contributed by atoms with Crippen LogP contribution in [0.4, 0.5) is 5.69 Å². The molecule has 25 heavy (non-hydrogen) atoms. The minimum Gasteiger partial charge on any atom is -0.490 e. The van der Waals surface area contributed by atoms with Gasteiger partial charge in [0, 0.05) is 12.1 Å². The zero-order valence-electron chi connectivity index (χ0n) is 15.3. The lowest BCUT2D eigenvalue weighted by Gasteiger charge is -2.13. The van der Waals surface area contributed by atoms with Gasteiger partial charge in [0.25, 0.3) is 0 Å². The third-order valence-electron chi connectivity index (χ3n) is 3.92. The van der Waals surface area contributed by atoms with Crippen molar-refractivity contribution in [3.63, 3.8) is 0 Å². The van der Waals surface area contributed by atoms with Gasteiger partial charge in [0.1, 0.15) is 0 Å². The lowest BCUT2D eigenvalue weighted by molar-refractivity contribution is -0.116. The van der Waals surface area contributed by atoms with E-state index in [1.54, 1.807) is 0 Å². The molecule has 2 aromatic rings.